The molecule has 0 fully saturated rings. The van der Waals surface area contributed by atoms with Gasteiger partial charge in [0, 0.05) is 6.07 Å². The lowest BCUT2D eigenvalue weighted by molar-refractivity contribution is -0.137. The number of benzene rings is 2. The Labute approximate surface area is 126 Å². The summed E-state index contributed by atoms with van der Waals surface area (Å²) < 4.78 is 56.1. The molecule has 0 aliphatic heterocycles. The molecular formula is C14H10BrF4NO. The molecule has 0 radical (unpaired) electrons. The van der Waals surface area contributed by atoms with E-state index >= 15 is 0 Å². The van der Waals surface area contributed by atoms with E-state index in [9.17, 15) is 17.6 Å². The van der Waals surface area contributed by atoms with Crippen molar-refractivity contribution in [2.75, 3.05) is 5.73 Å². The normalized spacial score (nSPS) is 11.5. The second-order valence-electron chi connectivity index (χ2n) is 4.29. The van der Waals surface area contributed by atoms with Gasteiger partial charge in [-0.05, 0) is 39.7 Å². The first-order valence-electron chi connectivity index (χ1n) is 5.81. The molecule has 0 atom stereocenters. The van der Waals surface area contributed by atoms with E-state index in [1.807, 2.05) is 0 Å². The largest absolute Gasteiger partial charge is 0.486 e. The third-order valence-corrected chi connectivity index (χ3v) is 3.29. The second kappa shape index (κ2) is 5.93. The van der Waals surface area contributed by atoms with Crippen LogP contribution in [-0.2, 0) is 12.8 Å². The highest BCUT2D eigenvalue weighted by molar-refractivity contribution is 9.10. The van der Waals surface area contributed by atoms with Gasteiger partial charge in [0.15, 0.2) is 5.75 Å². The summed E-state index contributed by atoms with van der Waals surface area (Å²) in [6.45, 7) is 0.0204. The molecule has 0 aliphatic rings. The van der Waals surface area contributed by atoms with E-state index in [0.29, 0.717) is 10.0 Å². The third-order valence-electron chi connectivity index (χ3n) is 2.70. The van der Waals surface area contributed by atoms with Crippen LogP contribution in [0, 0.1) is 5.82 Å². The number of anilines is 1. The fourth-order valence-corrected chi connectivity index (χ4v) is 2.24. The SMILES string of the molecule is Nc1cc(F)cc(Br)c1OCc1ccc(C(F)(F)F)cc1. The molecule has 0 unspecified atom stereocenters. The van der Waals surface area contributed by atoms with Crippen molar-refractivity contribution in [3.8, 4) is 5.75 Å². The standard InChI is InChI=1S/C14H10BrF4NO/c15-11-5-10(16)6-12(20)13(11)21-7-8-1-3-9(4-2-8)14(17,18)19/h1-6H,7,20H2. The van der Waals surface area contributed by atoms with Crippen LogP contribution in [0.15, 0.2) is 40.9 Å². The number of nitrogen functional groups attached to an aromatic ring is 1. The quantitative estimate of drug-likeness (QED) is 0.629. The number of hydrogen-bond donors (Lipinski definition) is 1. The van der Waals surface area contributed by atoms with Crippen LogP contribution in [0.5, 0.6) is 5.75 Å². The topological polar surface area (TPSA) is 35.2 Å². The first-order valence-corrected chi connectivity index (χ1v) is 6.60. The average Bonchev–Trinajstić information content (AvgIpc) is 2.37. The van der Waals surface area contributed by atoms with Gasteiger partial charge in [0.25, 0.3) is 0 Å². The highest BCUT2D eigenvalue weighted by Gasteiger charge is 2.29. The first kappa shape index (κ1) is 15.6. The minimum absolute atomic E-state index is 0.0204. The Morgan fingerprint density at radius 2 is 1.71 bits per heavy atom. The van der Waals surface area contributed by atoms with E-state index in [-0.39, 0.29) is 18.0 Å². The highest BCUT2D eigenvalue weighted by Crippen LogP contribution is 2.33. The summed E-state index contributed by atoms with van der Waals surface area (Å²) in [5.74, 6) is -0.266. The van der Waals surface area contributed by atoms with Gasteiger partial charge in [-0.1, -0.05) is 12.1 Å². The summed E-state index contributed by atoms with van der Waals surface area (Å²) in [6.07, 6.45) is -4.37. The fraction of sp³-hybridized carbons (Fsp3) is 0.143. The first-order chi connectivity index (χ1) is 9.77. The molecule has 2 aromatic rings. The number of rotatable bonds is 3. The number of hydrogen-bond acceptors (Lipinski definition) is 2. The average molecular weight is 364 g/mol. The molecule has 0 aliphatic carbocycles. The van der Waals surface area contributed by atoms with Crippen LogP contribution in [0.4, 0.5) is 23.2 Å². The van der Waals surface area contributed by atoms with E-state index in [2.05, 4.69) is 15.9 Å². The van der Waals surface area contributed by atoms with Gasteiger partial charge in [0.2, 0.25) is 0 Å². The molecule has 2 aromatic carbocycles. The molecule has 0 bridgehead atoms. The maximum atomic E-state index is 13.1. The molecule has 0 amide bonds. The number of alkyl halides is 3. The van der Waals surface area contributed by atoms with Crippen molar-refractivity contribution in [3.05, 3.63) is 57.8 Å². The Kier molecular flexibility index (Phi) is 4.41. The summed E-state index contributed by atoms with van der Waals surface area (Å²) in [7, 11) is 0. The smallest absolute Gasteiger partial charge is 0.416 e. The van der Waals surface area contributed by atoms with Gasteiger partial charge < -0.3 is 10.5 Å². The van der Waals surface area contributed by atoms with Gasteiger partial charge in [0.05, 0.1) is 15.7 Å². The Balaban J connectivity index is 2.10. The van der Waals surface area contributed by atoms with E-state index < -0.39 is 17.6 Å². The Hall–Kier alpha value is -1.76. The number of nitrogens with two attached hydrogens (primary N) is 1. The van der Waals surface area contributed by atoms with Crippen molar-refractivity contribution in [1.29, 1.82) is 0 Å². The van der Waals surface area contributed by atoms with E-state index in [1.54, 1.807) is 0 Å². The predicted molar refractivity (Wildman–Crippen MR) is 74.3 cm³/mol. The van der Waals surface area contributed by atoms with Gasteiger partial charge >= 0.3 is 6.18 Å². The van der Waals surface area contributed by atoms with Gasteiger partial charge in [0.1, 0.15) is 12.4 Å². The Bertz CT molecular complexity index is 617. The predicted octanol–water partition coefficient (Wildman–Crippen LogP) is 4.77. The van der Waals surface area contributed by atoms with Crippen molar-refractivity contribution >= 4 is 21.6 Å². The van der Waals surface area contributed by atoms with Crippen molar-refractivity contribution in [1.82, 2.24) is 0 Å². The zero-order valence-corrected chi connectivity index (χ0v) is 12.1. The summed E-state index contributed by atoms with van der Waals surface area (Å²) in [5, 5.41) is 0. The molecular weight excluding hydrogens is 354 g/mol. The summed E-state index contributed by atoms with van der Waals surface area (Å²) in [4.78, 5) is 0. The second-order valence-corrected chi connectivity index (χ2v) is 5.14. The zero-order valence-electron chi connectivity index (χ0n) is 10.5. The van der Waals surface area contributed by atoms with Gasteiger partial charge in [-0.25, -0.2) is 4.39 Å². The zero-order chi connectivity index (χ0) is 15.6. The third kappa shape index (κ3) is 3.87. The van der Waals surface area contributed by atoms with Crippen LogP contribution in [-0.4, -0.2) is 0 Å². The Morgan fingerprint density at radius 3 is 2.24 bits per heavy atom. The van der Waals surface area contributed by atoms with Crippen molar-refractivity contribution in [3.63, 3.8) is 0 Å². The fourth-order valence-electron chi connectivity index (χ4n) is 1.68. The highest BCUT2D eigenvalue weighted by atomic mass is 79.9. The lowest BCUT2D eigenvalue weighted by Crippen LogP contribution is -2.05. The van der Waals surface area contributed by atoms with Gasteiger partial charge in [-0.3, -0.25) is 0 Å². The van der Waals surface area contributed by atoms with Gasteiger partial charge in [-0.15, -0.1) is 0 Å². The number of ether oxygens (including phenoxy) is 1. The monoisotopic (exact) mass is 363 g/mol. The van der Waals surface area contributed by atoms with Gasteiger partial charge in [-0.2, -0.15) is 13.2 Å². The van der Waals surface area contributed by atoms with Crippen LogP contribution in [0.25, 0.3) is 0 Å². The molecule has 2 nitrogen and oxygen atoms in total. The molecule has 0 aromatic heterocycles. The molecule has 2 rings (SSSR count). The van der Waals surface area contributed by atoms with Crippen LogP contribution in [0.2, 0.25) is 0 Å². The molecule has 0 spiro atoms. The lowest BCUT2D eigenvalue weighted by atomic mass is 10.1. The van der Waals surface area contributed by atoms with Crippen LogP contribution in [0.1, 0.15) is 11.1 Å². The lowest BCUT2D eigenvalue weighted by Gasteiger charge is -2.12. The maximum Gasteiger partial charge on any atom is 0.416 e. The van der Waals surface area contributed by atoms with E-state index in [1.165, 1.54) is 18.2 Å². The number of halogens is 5. The Morgan fingerprint density at radius 1 is 1.10 bits per heavy atom. The summed E-state index contributed by atoms with van der Waals surface area (Å²) >= 11 is 3.12. The minimum Gasteiger partial charge on any atom is -0.486 e. The molecule has 2 N–H and O–H groups in total. The van der Waals surface area contributed by atoms with Crippen molar-refractivity contribution in [2.24, 2.45) is 0 Å². The minimum atomic E-state index is -4.37. The molecule has 112 valence electrons. The molecule has 0 saturated heterocycles. The van der Waals surface area contributed by atoms with E-state index in [4.69, 9.17) is 10.5 Å². The van der Waals surface area contributed by atoms with Crippen molar-refractivity contribution in [2.45, 2.75) is 12.8 Å². The summed E-state index contributed by atoms with van der Waals surface area (Å²) in [5.41, 5.74) is 5.54. The van der Waals surface area contributed by atoms with Crippen LogP contribution < -0.4 is 10.5 Å². The molecule has 0 saturated carbocycles. The van der Waals surface area contributed by atoms with Crippen LogP contribution in [0.3, 0.4) is 0 Å². The van der Waals surface area contributed by atoms with E-state index in [0.717, 1.165) is 18.2 Å². The van der Waals surface area contributed by atoms with Crippen molar-refractivity contribution < 1.29 is 22.3 Å². The maximum absolute atomic E-state index is 13.1. The molecule has 21 heavy (non-hydrogen) atoms. The summed E-state index contributed by atoms with van der Waals surface area (Å²) in [6, 6.07) is 6.88. The molecule has 7 heteroatoms. The van der Waals surface area contributed by atoms with Crippen LogP contribution >= 0.6 is 15.9 Å². The molecule has 0 heterocycles.